The molecule has 1 aliphatic rings. The Labute approximate surface area is 120 Å². The Bertz CT molecular complexity index is 510. The summed E-state index contributed by atoms with van der Waals surface area (Å²) in [5, 5.41) is 7.81. The van der Waals surface area contributed by atoms with Gasteiger partial charge in [0, 0.05) is 31.5 Å². The third-order valence-electron chi connectivity index (χ3n) is 4.19. The molecule has 0 saturated carbocycles. The Morgan fingerprint density at radius 2 is 1.90 bits per heavy atom. The summed E-state index contributed by atoms with van der Waals surface area (Å²) >= 11 is 0. The predicted octanol–water partition coefficient (Wildman–Crippen LogP) is 2.76. The summed E-state index contributed by atoms with van der Waals surface area (Å²) in [6, 6.07) is 8.99. The maximum Gasteiger partial charge on any atom is 0.0692 e. The van der Waals surface area contributed by atoms with Gasteiger partial charge in [0.15, 0.2) is 0 Å². The van der Waals surface area contributed by atoms with Crippen molar-refractivity contribution in [2.45, 2.75) is 32.7 Å². The average Bonchev–Trinajstić information content (AvgIpc) is 3.00. The highest BCUT2D eigenvalue weighted by molar-refractivity contribution is 5.47. The lowest BCUT2D eigenvalue weighted by molar-refractivity contribution is 0.438. The largest absolute Gasteiger partial charge is 0.372 e. The van der Waals surface area contributed by atoms with E-state index in [4.69, 9.17) is 0 Å². The van der Waals surface area contributed by atoms with Gasteiger partial charge in [0.25, 0.3) is 0 Å². The molecule has 2 aromatic rings. The first kappa shape index (κ1) is 13.2. The third kappa shape index (κ3) is 3.18. The first-order valence-electron chi connectivity index (χ1n) is 7.49. The van der Waals surface area contributed by atoms with Gasteiger partial charge in [-0.25, -0.2) is 0 Å². The van der Waals surface area contributed by atoms with Gasteiger partial charge in [0.2, 0.25) is 0 Å². The Kier molecular flexibility index (Phi) is 4.00. The van der Waals surface area contributed by atoms with Crippen molar-refractivity contribution in [3.05, 3.63) is 42.2 Å². The fraction of sp³-hybridized carbons (Fsp3) is 0.500. The van der Waals surface area contributed by atoms with Crippen LogP contribution in [-0.2, 0) is 13.0 Å². The molecule has 0 unspecified atom stereocenters. The van der Waals surface area contributed by atoms with E-state index in [0.29, 0.717) is 0 Å². The van der Waals surface area contributed by atoms with Crippen LogP contribution in [0.25, 0.3) is 0 Å². The van der Waals surface area contributed by atoms with Crippen LogP contribution in [0.2, 0.25) is 0 Å². The Morgan fingerprint density at radius 3 is 2.55 bits per heavy atom. The minimum absolute atomic E-state index is 0.883. The van der Waals surface area contributed by atoms with Gasteiger partial charge in [-0.05, 0) is 42.9 Å². The van der Waals surface area contributed by atoms with Gasteiger partial charge in [-0.2, -0.15) is 0 Å². The van der Waals surface area contributed by atoms with Gasteiger partial charge < -0.3 is 4.90 Å². The van der Waals surface area contributed by atoms with E-state index in [1.54, 1.807) is 6.20 Å². The number of aryl methyl sites for hydroxylation is 2. The highest BCUT2D eigenvalue weighted by Gasteiger charge is 2.15. The van der Waals surface area contributed by atoms with Crippen LogP contribution in [0.4, 0.5) is 5.69 Å². The number of rotatable bonds is 4. The van der Waals surface area contributed by atoms with Crippen LogP contribution in [0.1, 0.15) is 25.3 Å². The fourth-order valence-electron chi connectivity index (χ4n) is 2.74. The second-order valence-corrected chi connectivity index (χ2v) is 5.75. The molecule has 0 bridgehead atoms. The monoisotopic (exact) mass is 270 g/mol. The van der Waals surface area contributed by atoms with E-state index in [0.717, 1.165) is 18.9 Å². The zero-order valence-electron chi connectivity index (χ0n) is 12.1. The van der Waals surface area contributed by atoms with E-state index in [1.807, 2.05) is 10.9 Å². The van der Waals surface area contributed by atoms with E-state index in [9.17, 15) is 0 Å². The van der Waals surface area contributed by atoms with Gasteiger partial charge in [-0.15, -0.1) is 5.10 Å². The van der Waals surface area contributed by atoms with Gasteiger partial charge in [0.1, 0.15) is 0 Å². The molecule has 20 heavy (non-hydrogen) atoms. The number of piperidine rings is 1. The van der Waals surface area contributed by atoms with E-state index in [2.05, 4.69) is 46.4 Å². The summed E-state index contributed by atoms with van der Waals surface area (Å²) in [5.74, 6) is 0.883. The summed E-state index contributed by atoms with van der Waals surface area (Å²) in [6.45, 7) is 5.63. The minimum Gasteiger partial charge on any atom is -0.372 e. The molecule has 1 aromatic heterocycles. The maximum atomic E-state index is 3.99. The molecule has 2 heterocycles. The zero-order chi connectivity index (χ0) is 13.8. The van der Waals surface area contributed by atoms with Gasteiger partial charge in [-0.1, -0.05) is 24.3 Å². The molecule has 0 spiro atoms. The molecule has 1 aliphatic heterocycles. The lowest BCUT2D eigenvalue weighted by atomic mass is 9.98. The average molecular weight is 270 g/mol. The van der Waals surface area contributed by atoms with Crippen molar-refractivity contribution in [2.75, 3.05) is 18.0 Å². The Morgan fingerprint density at radius 1 is 1.15 bits per heavy atom. The van der Waals surface area contributed by atoms with Crippen molar-refractivity contribution in [1.29, 1.82) is 0 Å². The van der Waals surface area contributed by atoms with Crippen molar-refractivity contribution in [2.24, 2.45) is 5.92 Å². The number of benzene rings is 1. The molecule has 3 rings (SSSR count). The lowest BCUT2D eigenvalue weighted by Crippen LogP contribution is -2.32. The minimum atomic E-state index is 0.883. The number of aromatic nitrogens is 3. The summed E-state index contributed by atoms with van der Waals surface area (Å²) in [7, 11) is 0. The van der Waals surface area contributed by atoms with Gasteiger partial charge >= 0.3 is 0 Å². The molecule has 0 atom stereocenters. The molecule has 0 N–H and O–H groups in total. The first-order chi connectivity index (χ1) is 9.81. The molecule has 1 aromatic carbocycles. The first-order valence-corrected chi connectivity index (χ1v) is 7.49. The molecule has 4 heteroatoms. The summed E-state index contributed by atoms with van der Waals surface area (Å²) in [6.07, 6.45) is 7.26. The van der Waals surface area contributed by atoms with E-state index >= 15 is 0 Å². The molecule has 0 amide bonds. The number of hydrogen-bond acceptors (Lipinski definition) is 3. The third-order valence-corrected chi connectivity index (χ3v) is 4.19. The van der Waals surface area contributed by atoms with Gasteiger partial charge in [0.05, 0.1) is 6.20 Å². The maximum absolute atomic E-state index is 3.99. The molecular weight excluding hydrogens is 248 g/mol. The van der Waals surface area contributed by atoms with Crippen LogP contribution < -0.4 is 4.90 Å². The molecule has 0 aliphatic carbocycles. The highest BCUT2D eigenvalue weighted by atomic mass is 15.4. The van der Waals surface area contributed by atoms with Crippen molar-refractivity contribution in [1.82, 2.24) is 15.0 Å². The Balaban J connectivity index is 1.57. The van der Waals surface area contributed by atoms with Crippen LogP contribution >= 0.6 is 0 Å². The predicted molar refractivity (Wildman–Crippen MR) is 80.8 cm³/mol. The fourth-order valence-corrected chi connectivity index (χ4v) is 2.74. The second kappa shape index (κ2) is 6.07. The van der Waals surface area contributed by atoms with Crippen LogP contribution in [-0.4, -0.2) is 28.1 Å². The zero-order valence-corrected chi connectivity index (χ0v) is 12.1. The lowest BCUT2D eigenvalue weighted by Gasteiger charge is -2.32. The van der Waals surface area contributed by atoms with Crippen molar-refractivity contribution in [3.63, 3.8) is 0 Å². The Hall–Kier alpha value is -1.84. The molecule has 106 valence electrons. The highest BCUT2D eigenvalue weighted by Crippen LogP contribution is 2.23. The summed E-state index contributed by atoms with van der Waals surface area (Å²) in [4.78, 5) is 2.50. The number of nitrogens with zero attached hydrogens (tertiary/aromatic N) is 4. The van der Waals surface area contributed by atoms with Crippen LogP contribution in [0.5, 0.6) is 0 Å². The summed E-state index contributed by atoms with van der Waals surface area (Å²) < 4.78 is 1.87. The topological polar surface area (TPSA) is 34.0 Å². The van der Waals surface area contributed by atoms with Crippen molar-refractivity contribution >= 4 is 5.69 Å². The standard InChI is InChI=1S/C16H22N4/c1-14-6-10-19(11-7-14)16-4-2-15(3-5-16)8-12-20-13-9-17-18-20/h2-5,9,13-14H,6-8,10-12H2,1H3. The normalized spacial score (nSPS) is 16.6. The van der Waals surface area contributed by atoms with Crippen LogP contribution in [0, 0.1) is 5.92 Å². The molecule has 4 nitrogen and oxygen atoms in total. The van der Waals surface area contributed by atoms with Gasteiger partial charge in [-0.3, -0.25) is 4.68 Å². The smallest absolute Gasteiger partial charge is 0.0692 e. The number of anilines is 1. The van der Waals surface area contributed by atoms with Crippen molar-refractivity contribution < 1.29 is 0 Å². The van der Waals surface area contributed by atoms with Crippen LogP contribution in [0.3, 0.4) is 0 Å². The quantitative estimate of drug-likeness (QED) is 0.856. The SMILES string of the molecule is CC1CCN(c2ccc(CCn3ccnn3)cc2)CC1. The van der Waals surface area contributed by atoms with Crippen molar-refractivity contribution in [3.8, 4) is 0 Å². The van der Waals surface area contributed by atoms with E-state index in [-0.39, 0.29) is 0 Å². The second-order valence-electron chi connectivity index (χ2n) is 5.75. The molecule has 1 fully saturated rings. The van der Waals surface area contributed by atoms with Crippen LogP contribution in [0.15, 0.2) is 36.7 Å². The molecule has 0 radical (unpaired) electrons. The van der Waals surface area contributed by atoms with E-state index in [1.165, 1.54) is 37.2 Å². The summed E-state index contributed by atoms with van der Waals surface area (Å²) in [5.41, 5.74) is 2.72. The molecular formula is C16H22N4. The van der Waals surface area contributed by atoms with E-state index < -0.39 is 0 Å². The molecule has 1 saturated heterocycles. The number of hydrogen-bond donors (Lipinski definition) is 0.